The van der Waals surface area contributed by atoms with Crippen LogP contribution in [0.15, 0.2) is 17.1 Å². The molecule has 1 aliphatic carbocycles. The van der Waals surface area contributed by atoms with Crippen molar-refractivity contribution in [1.29, 1.82) is 0 Å². The highest BCUT2D eigenvalue weighted by molar-refractivity contribution is 5.88. The molecule has 0 saturated heterocycles. The van der Waals surface area contributed by atoms with E-state index in [2.05, 4.69) is 15.4 Å². The zero-order valence-corrected chi connectivity index (χ0v) is 14.2. The molecule has 25 heavy (non-hydrogen) atoms. The van der Waals surface area contributed by atoms with E-state index in [1.807, 2.05) is 0 Å². The fourth-order valence-corrected chi connectivity index (χ4v) is 3.51. The van der Waals surface area contributed by atoms with E-state index in [1.54, 1.807) is 19.2 Å². The van der Waals surface area contributed by atoms with Gasteiger partial charge in [-0.1, -0.05) is 25.7 Å². The number of carbonyl (C=O) groups is 2. The Balaban J connectivity index is 1.84. The SMILES string of the molecule is Cc1nc2cc[nH]n2c(=O)c1CC(=O)NC1(C(=O)O)CCCCCC1. The number of carboxylic acids is 1. The van der Waals surface area contributed by atoms with Crippen LogP contribution < -0.4 is 10.9 Å². The van der Waals surface area contributed by atoms with Crippen LogP contribution in [0.1, 0.15) is 49.8 Å². The minimum Gasteiger partial charge on any atom is -0.480 e. The van der Waals surface area contributed by atoms with E-state index in [9.17, 15) is 19.5 Å². The second kappa shape index (κ2) is 6.70. The molecule has 1 saturated carbocycles. The van der Waals surface area contributed by atoms with Gasteiger partial charge in [-0.15, -0.1) is 0 Å². The zero-order chi connectivity index (χ0) is 18.0. The molecule has 3 N–H and O–H groups in total. The van der Waals surface area contributed by atoms with E-state index in [4.69, 9.17) is 0 Å². The van der Waals surface area contributed by atoms with Crippen molar-refractivity contribution < 1.29 is 14.7 Å². The quantitative estimate of drug-likeness (QED) is 0.719. The first kappa shape index (κ1) is 17.2. The van der Waals surface area contributed by atoms with Gasteiger partial charge in [0.1, 0.15) is 5.54 Å². The van der Waals surface area contributed by atoms with Gasteiger partial charge in [0.2, 0.25) is 5.91 Å². The Morgan fingerprint density at radius 3 is 2.64 bits per heavy atom. The van der Waals surface area contributed by atoms with Crippen molar-refractivity contribution in [2.75, 3.05) is 0 Å². The van der Waals surface area contributed by atoms with Crippen LogP contribution in [0.3, 0.4) is 0 Å². The van der Waals surface area contributed by atoms with Gasteiger partial charge in [0.15, 0.2) is 5.65 Å². The highest BCUT2D eigenvalue weighted by atomic mass is 16.4. The minimum absolute atomic E-state index is 0.186. The van der Waals surface area contributed by atoms with E-state index >= 15 is 0 Å². The second-order valence-corrected chi connectivity index (χ2v) is 6.66. The molecule has 2 aromatic heterocycles. The highest BCUT2D eigenvalue weighted by Crippen LogP contribution is 2.27. The van der Waals surface area contributed by atoms with E-state index in [0.29, 0.717) is 24.2 Å². The number of hydrogen-bond acceptors (Lipinski definition) is 4. The lowest BCUT2D eigenvalue weighted by Gasteiger charge is -2.29. The summed E-state index contributed by atoms with van der Waals surface area (Å²) in [6.07, 6.45) is 5.72. The van der Waals surface area contributed by atoms with Crippen molar-refractivity contribution in [1.82, 2.24) is 19.9 Å². The first-order chi connectivity index (χ1) is 11.9. The number of aromatic nitrogens is 3. The van der Waals surface area contributed by atoms with Crippen LogP contribution in [-0.2, 0) is 16.0 Å². The Kier molecular flexibility index (Phi) is 4.61. The largest absolute Gasteiger partial charge is 0.480 e. The van der Waals surface area contributed by atoms with Crippen molar-refractivity contribution in [2.24, 2.45) is 0 Å². The predicted molar refractivity (Wildman–Crippen MR) is 90.5 cm³/mol. The van der Waals surface area contributed by atoms with E-state index in [-0.39, 0.29) is 17.5 Å². The maximum absolute atomic E-state index is 12.5. The number of nitrogens with one attached hydrogen (secondary N) is 2. The summed E-state index contributed by atoms with van der Waals surface area (Å²) in [6, 6.07) is 1.67. The Labute approximate surface area is 144 Å². The lowest BCUT2D eigenvalue weighted by atomic mass is 9.90. The zero-order valence-electron chi connectivity index (χ0n) is 14.2. The molecule has 0 spiro atoms. The summed E-state index contributed by atoms with van der Waals surface area (Å²) in [5.41, 5.74) is -0.344. The standard InChI is InChI=1S/C17H22N4O4/c1-11-12(15(23)21-13(19-11)6-9-18-21)10-14(22)20-17(16(24)25)7-4-2-3-5-8-17/h6,9,18H,2-5,7-8,10H2,1H3,(H,20,22)(H,24,25). The van der Waals surface area contributed by atoms with Gasteiger partial charge in [0.25, 0.3) is 5.56 Å². The number of nitrogens with zero attached hydrogens (tertiary/aromatic N) is 2. The van der Waals surface area contributed by atoms with E-state index in [1.165, 1.54) is 4.52 Å². The number of aromatic amines is 1. The number of carboxylic acid groups (broad SMARTS) is 1. The Hall–Kier alpha value is -2.64. The average molecular weight is 346 g/mol. The second-order valence-electron chi connectivity index (χ2n) is 6.66. The molecule has 8 heteroatoms. The van der Waals surface area contributed by atoms with Crippen molar-refractivity contribution >= 4 is 17.5 Å². The lowest BCUT2D eigenvalue weighted by molar-refractivity contribution is -0.148. The summed E-state index contributed by atoms with van der Waals surface area (Å²) in [6.45, 7) is 1.68. The molecule has 3 rings (SSSR count). The van der Waals surface area contributed by atoms with Crippen LogP contribution in [0, 0.1) is 6.92 Å². The topological polar surface area (TPSA) is 117 Å². The molecule has 1 fully saturated rings. The summed E-state index contributed by atoms with van der Waals surface area (Å²) < 4.78 is 1.27. The molecule has 8 nitrogen and oxygen atoms in total. The van der Waals surface area contributed by atoms with Crippen LogP contribution in [-0.4, -0.2) is 37.1 Å². The third-order valence-corrected chi connectivity index (χ3v) is 4.93. The molecule has 1 amide bonds. The monoisotopic (exact) mass is 346 g/mol. The number of aryl methyl sites for hydroxylation is 1. The summed E-state index contributed by atoms with van der Waals surface area (Å²) in [4.78, 5) is 41.1. The molecule has 134 valence electrons. The summed E-state index contributed by atoms with van der Waals surface area (Å²) in [5, 5.41) is 15.1. The van der Waals surface area contributed by atoms with Crippen LogP contribution in [0.2, 0.25) is 0 Å². The number of fused-ring (bicyclic) bond motifs is 1. The van der Waals surface area contributed by atoms with Gasteiger partial charge in [-0.2, -0.15) is 0 Å². The van der Waals surface area contributed by atoms with Crippen LogP contribution in [0.5, 0.6) is 0 Å². The van der Waals surface area contributed by atoms with Gasteiger partial charge in [-0.3, -0.25) is 14.7 Å². The number of amides is 1. The minimum atomic E-state index is -1.23. The fraction of sp³-hybridized carbons (Fsp3) is 0.529. The molecule has 0 aromatic carbocycles. The molecule has 0 radical (unpaired) electrons. The van der Waals surface area contributed by atoms with Gasteiger partial charge in [0.05, 0.1) is 6.42 Å². The molecular formula is C17H22N4O4. The summed E-state index contributed by atoms with van der Waals surface area (Å²) >= 11 is 0. The lowest BCUT2D eigenvalue weighted by Crippen LogP contribution is -2.54. The number of carbonyl (C=O) groups excluding carboxylic acids is 1. The van der Waals surface area contributed by atoms with Crippen LogP contribution in [0.4, 0.5) is 0 Å². The predicted octanol–water partition coefficient (Wildman–Crippen LogP) is 1.17. The smallest absolute Gasteiger partial charge is 0.329 e. The number of H-pyrrole nitrogens is 1. The van der Waals surface area contributed by atoms with Crippen molar-refractivity contribution in [3.05, 3.63) is 33.9 Å². The van der Waals surface area contributed by atoms with E-state index in [0.717, 1.165) is 25.7 Å². The van der Waals surface area contributed by atoms with E-state index < -0.39 is 17.4 Å². The van der Waals surface area contributed by atoms with Gasteiger partial charge in [-0.05, 0) is 19.8 Å². The van der Waals surface area contributed by atoms with Gasteiger partial charge in [0, 0.05) is 23.5 Å². The molecular weight excluding hydrogens is 324 g/mol. The average Bonchev–Trinajstić information content (AvgIpc) is 2.89. The molecule has 0 unspecified atom stereocenters. The fourth-order valence-electron chi connectivity index (χ4n) is 3.51. The Morgan fingerprint density at radius 2 is 2.00 bits per heavy atom. The highest BCUT2D eigenvalue weighted by Gasteiger charge is 2.40. The number of aliphatic carboxylic acids is 1. The Bertz CT molecular complexity index is 859. The van der Waals surface area contributed by atoms with Crippen LogP contribution >= 0.6 is 0 Å². The summed E-state index contributed by atoms with van der Waals surface area (Å²) in [7, 11) is 0. The number of hydrogen-bond donors (Lipinski definition) is 3. The Morgan fingerprint density at radius 1 is 1.32 bits per heavy atom. The van der Waals surface area contributed by atoms with Gasteiger partial charge < -0.3 is 10.4 Å². The first-order valence-corrected chi connectivity index (χ1v) is 8.53. The first-order valence-electron chi connectivity index (χ1n) is 8.53. The molecule has 0 aliphatic heterocycles. The number of rotatable bonds is 4. The van der Waals surface area contributed by atoms with Crippen molar-refractivity contribution in [2.45, 2.75) is 57.4 Å². The maximum Gasteiger partial charge on any atom is 0.329 e. The van der Waals surface area contributed by atoms with Gasteiger partial charge >= 0.3 is 5.97 Å². The van der Waals surface area contributed by atoms with Crippen molar-refractivity contribution in [3.63, 3.8) is 0 Å². The van der Waals surface area contributed by atoms with Crippen molar-refractivity contribution in [3.8, 4) is 0 Å². The molecule has 1 aliphatic rings. The third kappa shape index (κ3) is 3.29. The summed E-state index contributed by atoms with van der Waals surface area (Å²) in [5.74, 6) is -1.47. The normalized spacial score (nSPS) is 17.2. The molecule has 0 atom stereocenters. The van der Waals surface area contributed by atoms with Gasteiger partial charge in [-0.25, -0.2) is 14.3 Å². The maximum atomic E-state index is 12.5. The van der Waals surface area contributed by atoms with Crippen LogP contribution in [0.25, 0.3) is 5.65 Å². The molecule has 0 bridgehead atoms. The third-order valence-electron chi connectivity index (χ3n) is 4.93. The molecule has 2 heterocycles. The molecule has 2 aromatic rings.